The Kier molecular flexibility index (Phi) is 4.16. The number of piperidine rings is 1. The topological polar surface area (TPSA) is 82.5 Å². The molecule has 6 nitrogen and oxygen atoms in total. The Morgan fingerprint density at radius 2 is 2.26 bits per heavy atom. The van der Waals surface area contributed by atoms with Gasteiger partial charge in [-0.25, -0.2) is 4.79 Å². The number of carbonyl (C=O) groups is 2. The fourth-order valence-corrected chi connectivity index (χ4v) is 3.12. The number of carboxylic acids is 1. The molecule has 1 amide bonds. The number of carboxylic acid groups (broad SMARTS) is 1. The molecule has 0 aromatic carbocycles. The first-order chi connectivity index (χ1) is 9.02. The fourth-order valence-electron chi connectivity index (χ4n) is 2.27. The highest BCUT2D eigenvalue weighted by molar-refractivity contribution is 7.11. The summed E-state index contributed by atoms with van der Waals surface area (Å²) >= 11 is 1.06. The van der Waals surface area contributed by atoms with Gasteiger partial charge in [-0.3, -0.25) is 4.79 Å². The first-order valence-corrected chi connectivity index (χ1v) is 6.97. The van der Waals surface area contributed by atoms with Gasteiger partial charge in [-0.2, -0.15) is 4.37 Å². The zero-order valence-electron chi connectivity index (χ0n) is 11.0. The van der Waals surface area contributed by atoms with Crippen LogP contribution in [0.25, 0.3) is 0 Å². The molecule has 2 N–H and O–H groups in total. The van der Waals surface area contributed by atoms with Crippen LogP contribution in [0.1, 0.15) is 28.9 Å². The van der Waals surface area contributed by atoms with Crippen LogP contribution in [-0.4, -0.2) is 41.5 Å². The number of nitrogens with zero attached hydrogens (tertiary/aromatic N) is 2. The number of rotatable bonds is 3. The van der Waals surface area contributed by atoms with E-state index in [1.807, 2.05) is 0 Å². The Morgan fingerprint density at radius 1 is 1.53 bits per heavy atom. The summed E-state index contributed by atoms with van der Waals surface area (Å²) in [4.78, 5) is 25.0. The molecule has 1 aliphatic heterocycles. The van der Waals surface area contributed by atoms with E-state index >= 15 is 0 Å². The van der Waals surface area contributed by atoms with E-state index in [0.29, 0.717) is 17.2 Å². The number of amides is 1. The fraction of sp³-hybridized carbons (Fsp3) is 0.583. The number of aryl methyl sites for hydroxylation is 1. The van der Waals surface area contributed by atoms with Gasteiger partial charge in [0.05, 0.1) is 11.6 Å². The second kappa shape index (κ2) is 5.66. The van der Waals surface area contributed by atoms with Crippen LogP contribution >= 0.6 is 11.5 Å². The molecule has 19 heavy (non-hydrogen) atoms. The van der Waals surface area contributed by atoms with Crippen LogP contribution in [0.3, 0.4) is 0 Å². The lowest BCUT2D eigenvalue weighted by atomic mass is 9.98. The van der Waals surface area contributed by atoms with Gasteiger partial charge in [-0.05, 0) is 37.8 Å². The van der Waals surface area contributed by atoms with Crippen LogP contribution in [0.4, 0.5) is 5.00 Å². The smallest absolute Gasteiger partial charge is 0.340 e. The molecule has 0 saturated carbocycles. The van der Waals surface area contributed by atoms with E-state index in [1.165, 1.54) is 4.90 Å². The van der Waals surface area contributed by atoms with Crippen LogP contribution in [0.2, 0.25) is 0 Å². The molecular formula is C12H17N3O3S. The Morgan fingerprint density at radius 3 is 2.84 bits per heavy atom. The minimum absolute atomic E-state index is 0.0432. The van der Waals surface area contributed by atoms with Crippen molar-refractivity contribution in [2.75, 3.05) is 25.0 Å². The Bertz CT molecular complexity index is 494. The molecule has 1 aromatic heterocycles. The Hall–Kier alpha value is -1.47. The molecule has 0 spiro atoms. The largest absolute Gasteiger partial charge is 0.478 e. The summed E-state index contributed by atoms with van der Waals surface area (Å²) in [6.07, 6.45) is 1.81. The van der Waals surface area contributed by atoms with Crippen LogP contribution in [0, 0.1) is 12.8 Å². The number of aromatic nitrogens is 1. The standard InChI is InChI=1S/C12H17N3O3S/c1-7-9(12(17)18)11(19-14-7)15(2)10(16)8-4-3-5-13-6-8/h8,13H,3-6H2,1-2H3,(H,17,18). The molecule has 1 aliphatic rings. The lowest BCUT2D eigenvalue weighted by molar-refractivity contribution is -0.122. The summed E-state index contributed by atoms with van der Waals surface area (Å²) in [6.45, 7) is 3.24. The van der Waals surface area contributed by atoms with E-state index < -0.39 is 5.97 Å². The zero-order chi connectivity index (χ0) is 14.0. The van der Waals surface area contributed by atoms with E-state index in [4.69, 9.17) is 0 Å². The lowest BCUT2D eigenvalue weighted by Crippen LogP contribution is -2.41. The number of carbonyl (C=O) groups excluding carboxylic acids is 1. The van der Waals surface area contributed by atoms with Crippen molar-refractivity contribution in [3.63, 3.8) is 0 Å². The average Bonchev–Trinajstić information content (AvgIpc) is 2.80. The molecule has 1 atom stereocenters. The zero-order valence-corrected chi connectivity index (χ0v) is 11.8. The third-order valence-electron chi connectivity index (χ3n) is 3.34. The molecule has 2 heterocycles. The van der Waals surface area contributed by atoms with Crippen molar-refractivity contribution < 1.29 is 14.7 Å². The lowest BCUT2D eigenvalue weighted by Gasteiger charge is -2.26. The highest BCUT2D eigenvalue weighted by Crippen LogP contribution is 2.29. The summed E-state index contributed by atoms with van der Waals surface area (Å²) in [5.41, 5.74) is 0.582. The van der Waals surface area contributed by atoms with Crippen molar-refractivity contribution in [3.8, 4) is 0 Å². The van der Waals surface area contributed by atoms with E-state index in [2.05, 4.69) is 9.69 Å². The highest BCUT2D eigenvalue weighted by atomic mass is 32.1. The molecule has 1 unspecified atom stereocenters. The van der Waals surface area contributed by atoms with E-state index in [9.17, 15) is 14.7 Å². The molecule has 104 valence electrons. The molecular weight excluding hydrogens is 266 g/mol. The molecule has 0 aliphatic carbocycles. The Labute approximate surface area is 115 Å². The van der Waals surface area contributed by atoms with Crippen molar-refractivity contribution in [1.82, 2.24) is 9.69 Å². The summed E-state index contributed by atoms with van der Waals surface area (Å²) in [7, 11) is 1.62. The van der Waals surface area contributed by atoms with Gasteiger partial charge in [0, 0.05) is 13.6 Å². The van der Waals surface area contributed by atoms with Gasteiger partial charge in [-0.15, -0.1) is 0 Å². The third-order valence-corrected chi connectivity index (χ3v) is 4.36. The van der Waals surface area contributed by atoms with Crippen molar-refractivity contribution in [3.05, 3.63) is 11.3 Å². The number of aromatic carboxylic acids is 1. The highest BCUT2D eigenvalue weighted by Gasteiger charge is 2.29. The van der Waals surface area contributed by atoms with Gasteiger partial charge in [0.25, 0.3) is 0 Å². The van der Waals surface area contributed by atoms with Crippen LogP contribution in [0.5, 0.6) is 0 Å². The number of nitrogens with one attached hydrogen (secondary N) is 1. The quantitative estimate of drug-likeness (QED) is 0.868. The monoisotopic (exact) mass is 283 g/mol. The molecule has 0 radical (unpaired) electrons. The second-order valence-corrected chi connectivity index (χ2v) is 5.45. The van der Waals surface area contributed by atoms with Gasteiger partial charge in [0.1, 0.15) is 10.6 Å². The van der Waals surface area contributed by atoms with Crippen LogP contribution < -0.4 is 10.2 Å². The molecule has 1 fully saturated rings. The summed E-state index contributed by atoms with van der Waals surface area (Å²) in [5.74, 6) is -1.16. The first-order valence-electron chi connectivity index (χ1n) is 6.20. The minimum Gasteiger partial charge on any atom is -0.478 e. The van der Waals surface area contributed by atoms with Crippen molar-refractivity contribution in [2.24, 2.45) is 5.92 Å². The third kappa shape index (κ3) is 2.76. The maximum absolute atomic E-state index is 12.4. The Balaban J connectivity index is 2.21. The van der Waals surface area contributed by atoms with Gasteiger partial charge >= 0.3 is 5.97 Å². The van der Waals surface area contributed by atoms with Gasteiger partial charge < -0.3 is 15.3 Å². The summed E-state index contributed by atoms with van der Waals surface area (Å²) < 4.78 is 4.04. The number of anilines is 1. The summed E-state index contributed by atoms with van der Waals surface area (Å²) in [5, 5.41) is 12.8. The maximum atomic E-state index is 12.4. The second-order valence-electron chi connectivity index (χ2n) is 4.69. The molecule has 0 bridgehead atoms. The van der Waals surface area contributed by atoms with Crippen molar-refractivity contribution in [1.29, 1.82) is 0 Å². The van der Waals surface area contributed by atoms with Gasteiger partial charge in [-0.1, -0.05) is 0 Å². The van der Waals surface area contributed by atoms with E-state index in [-0.39, 0.29) is 17.4 Å². The molecule has 2 rings (SSSR count). The van der Waals surface area contributed by atoms with Crippen LogP contribution in [-0.2, 0) is 4.79 Å². The first kappa shape index (κ1) is 14.0. The molecule has 7 heteroatoms. The van der Waals surface area contributed by atoms with Gasteiger partial charge in [0.15, 0.2) is 0 Å². The van der Waals surface area contributed by atoms with E-state index in [0.717, 1.165) is 30.9 Å². The predicted molar refractivity (Wildman–Crippen MR) is 72.8 cm³/mol. The average molecular weight is 283 g/mol. The maximum Gasteiger partial charge on any atom is 0.340 e. The van der Waals surface area contributed by atoms with E-state index in [1.54, 1.807) is 14.0 Å². The summed E-state index contributed by atoms with van der Waals surface area (Å²) in [6, 6.07) is 0. The van der Waals surface area contributed by atoms with Crippen molar-refractivity contribution in [2.45, 2.75) is 19.8 Å². The van der Waals surface area contributed by atoms with Crippen LogP contribution in [0.15, 0.2) is 0 Å². The van der Waals surface area contributed by atoms with Crippen molar-refractivity contribution >= 4 is 28.4 Å². The molecule has 1 aromatic rings. The number of hydrogen-bond donors (Lipinski definition) is 2. The predicted octanol–water partition coefficient (Wildman–Crippen LogP) is 1.11. The normalized spacial score (nSPS) is 19.2. The SMILES string of the molecule is Cc1nsc(N(C)C(=O)C2CCCNC2)c1C(=O)O. The molecule has 1 saturated heterocycles. The van der Waals surface area contributed by atoms with Gasteiger partial charge in [0.2, 0.25) is 5.91 Å². The minimum atomic E-state index is -1.04. The number of hydrogen-bond acceptors (Lipinski definition) is 5.